The molecule has 2 aromatic carbocycles. The van der Waals surface area contributed by atoms with E-state index in [0.29, 0.717) is 23.9 Å². The molecule has 1 heterocycles. The standard InChI is InChI=1S/C16H14ClNOS/c17-14-6-1-2-7-15(14)19-10-13-8-11-4-3-5-12(9-18)16(11)20-13/h1-8H,9-10,18H2. The minimum absolute atomic E-state index is 0.521. The van der Waals surface area contributed by atoms with E-state index < -0.39 is 0 Å². The van der Waals surface area contributed by atoms with Crippen LogP contribution in [-0.2, 0) is 13.2 Å². The quantitative estimate of drug-likeness (QED) is 0.765. The molecule has 2 N–H and O–H groups in total. The number of nitrogens with two attached hydrogens (primary N) is 1. The van der Waals surface area contributed by atoms with Crippen molar-refractivity contribution in [3.8, 4) is 5.75 Å². The zero-order valence-corrected chi connectivity index (χ0v) is 12.4. The van der Waals surface area contributed by atoms with Gasteiger partial charge < -0.3 is 10.5 Å². The van der Waals surface area contributed by atoms with Crippen LogP contribution in [0.3, 0.4) is 0 Å². The third-order valence-electron chi connectivity index (χ3n) is 3.10. The number of thiophene rings is 1. The monoisotopic (exact) mass is 303 g/mol. The summed E-state index contributed by atoms with van der Waals surface area (Å²) in [5.41, 5.74) is 6.95. The molecular weight excluding hydrogens is 290 g/mol. The average molecular weight is 304 g/mol. The summed E-state index contributed by atoms with van der Waals surface area (Å²) in [6.07, 6.45) is 0. The van der Waals surface area contributed by atoms with Crippen molar-refractivity contribution in [3.63, 3.8) is 0 Å². The van der Waals surface area contributed by atoms with Gasteiger partial charge in [0.15, 0.2) is 0 Å². The molecule has 0 atom stereocenters. The fraction of sp³-hybridized carbons (Fsp3) is 0.125. The van der Waals surface area contributed by atoms with E-state index >= 15 is 0 Å². The lowest BCUT2D eigenvalue weighted by atomic mass is 10.1. The summed E-state index contributed by atoms with van der Waals surface area (Å²) in [7, 11) is 0. The maximum Gasteiger partial charge on any atom is 0.138 e. The summed E-state index contributed by atoms with van der Waals surface area (Å²) in [6.45, 7) is 1.08. The van der Waals surface area contributed by atoms with Gasteiger partial charge in [0.25, 0.3) is 0 Å². The largest absolute Gasteiger partial charge is 0.487 e. The third-order valence-corrected chi connectivity index (χ3v) is 4.62. The van der Waals surface area contributed by atoms with Gasteiger partial charge in [-0.25, -0.2) is 0 Å². The molecule has 0 aliphatic carbocycles. The predicted octanol–water partition coefficient (Wildman–Crippen LogP) is 4.59. The van der Waals surface area contributed by atoms with E-state index in [1.807, 2.05) is 30.3 Å². The maximum atomic E-state index is 6.08. The van der Waals surface area contributed by atoms with E-state index in [1.54, 1.807) is 11.3 Å². The number of halogens is 1. The van der Waals surface area contributed by atoms with E-state index in [2.05, 4.69) is 18.2 Å². The molecule has 1 aromatic heterocycles. The number of rotatable bonds is 4. The number of ether oxygens (including phenoxy) is 1. The molecule has 20 heavy (non-hydrogen) atoms. The molecule has 0 spiro atoms. The zero-order valence-electron chi connectivity index (χ0n) is 10.8. The van der Waals surface area contributed by atoms with Gasteiger partial charge in [0.05, 0.1) is 5.02 Å². The van der Waals surface area contributed by atoms with Crippen molar-refractivity contribution < 1.29 is 4.74 Å². The number of para-hydroxylation sites is 1. The van der Waals surface area contributed by atoms with Gasteiger partial charge in [-0.15, -0.1) is 11.3 Å². The summed E-state index contributed by atoms with van der Waals surface area (Å²) >= 11 is 7.80. The van der Waals surface area contributed by atoms with E-state index in [4.69, 9.17) is 22.1 Å². The lowest BCUT2D eigenvalue weighted by Crippen LogP contribution is -1.95. The zero-order chi connectivity index (χ0) is 13.9. The SMILES string of the molecule is NCc1cccc2cc(COc3ccccc3Cl)sc12. The van der Waals surface area contributed by atoms with Gasteiger partial charge in [-0.1, -0.05) is 41.9 Å². The van der Waals surface area contributed by atoms with Crippen molar-refractivity contribution in [1.82, 2.24) is 0 Å². The van der Waals surface area contributed by atoms with Gasteiger partial charge in [-0.05, 0) is 29.1 Å². The maximum absolute atomic E-state index is 6.08. The molecule has 0 unspecified atom stereocenters. The first-order valence-corrected chi connectivity index (χ1v) is 7.55. The van der Waals surface area contributed by atoms with Crippen LogP contribution in [0.1, 0.15) is 10.4 Å². The molecule has 0 aliphatic heterocycles. The highest BCUT2D eigenvalue weighted by Crippen LogP contribution is 2.30. The Bertz CT molecular complexity index is 738. The summed E-state index contributed by atoms with van der Waals surface area (Å²) in [4.78, 5) is 1.17. The van der Waals surface area contributed by atoms with Crippen LogP contribution in [0.2, 0.25) is 5.02 Å². The molecule has 3 aromatic rings. The molecule has 0 amide bonds. The molecule has 0 saturated heterocycles. The first-order valence-electron chi connectivity index (χ1n) is 6.35. The van der Waals surface area contributed by atoms with Crippen LogP contribution in [0.5, 0.6) is 5.75 Å². The average Bonchev–Trinajstić information content (AvgIpc) is 2.89. The molecule has 0 saturated carbocycles. The highest BCUT2D eigenvalue weighted by molar-refractivity contribution is 7.19. The molecule has 0 fully saturated rings. The van der Waals surface area contributed by atoms with Crippen LogP contribution in [-0.4, -0.2) is 0 Å². The van der Waals surface area contributed by atoms with Crippen LogP contribution in [0, 0.1) is 0 Å². The van der Waals surface area contributed by atoms with E-state index in [1.165, 1.54) is 20.5 Å². The summed E-state index contributed by atoms with van der Waals surface area (Å²) < 4.78 is 7.02. The third kappa shape index (κ3) is 2.66. The molecule has 102 valence electrons. The fourth-order valence-electron chi connectivity index (χ4n) is 2.12. The minimum atomic E-state index is 0.521. The molecule has 0 radical (unpaired) electrons. The van der Waals surface area contributed by atoms with E-state index in [-0.39, 0.29) is 0 Å². The Hall–Kier alpha value is -1.55. The Balaban J connectivity index is 1.83. The molecule has 2 nitrogen and oxygen atoms in total. The van der Waals surface area contributed by atoms with E-state index in [9.17, 15) is 0 Å². The van der Waals surface area contributed by atoms with Crippen molar-refractivity contribution in [2.75, 3.05) is 0 Å². The number of hydrogen-bond acceptors (Lipinski definition) is 3. The van der Waals surface area contributed by atoms with Gasteiger partial charge in [-0.2, -0.15) is 0 Å². The van der Waals surface area contributed by atoms with Crippen LogP contribution in [0.15, 0.2) is 48.5 Å². The second-order valence-corrected chi connectivity index (χ2v) is 6.02. The summed E-state index contributed by atoms with van der Waals surface area (Å²) in [6, 6.07) is 15.9. The second-order valence-electron chi connectivity index (χ2n) is 4.47. The smallest absolute Gasteiger partial charge is 0.138 e. The van der Waals surface area contributed by atoms with Gasteiger partial charge >= 0.3 is 0 Å². The van der Waals surface area contributed by atoms with Crippen molar-refractivity contribution in [1.29, 1.82) is 0 Å². The van der Waals surface area contributed by atoms with Crippen molar-refractivity contribution in [3.05, 3.63) is 64.0 Å². The van der Waals surface area contributed by atoms with Crippen molar-refractivity contribution in [2.45, 2.75) is 13.2 Å². The van der Waals surface area contributed by atoms with Gasteiger partial charge in [-0.3, -0.25) is 0 Å². The first kappa shape index (κ1) is 13.4. The summed E-state index contributed by atoms with van der Waals surface area (Å²) in [5.74, 6) is 0.714. The van der Waals surface area contributed by atoms with Crippen molar-refractivity contribution in [2.24, 2.45) is 5.73 Å². The number of benzene rings is 2. The van der Waals surface area contributed by atoms with Crippen LogP contribution in [0.4, 0.5) is 0 Å². The number of hydrogen-bond donors (Lipinski definition) is 1. The molecule has 4 heteroatoms. The predicted molar refractivity (Wildman–Crippen MR) is 85.5 cm³/mol. The first-order chi connectivity index (χ1) is 9.78. The number of fused-ring (bicyclic) bond motifs is 1. The molecular formula is C16H14ClNOS. The van der Waals surface area contributed by atoms with Gasteiger partial charge in [0, 0.05) is 16.1 Å². The topological polar surface area (TPSA) is 35.2 Å². The highest BCUT2D eigenvalue weighted by atomic mass is 35.5. The minimum Gasteiger partial charge on any atom is -0.487 e. The van der Waals surface area contributed by atoms with Gasteiger partial charge in [0.2, 0.25) is 0 Å². The van der Waals surface area contributed by atoms with E-state index in [0.717, 1.165) is 0 Å². The van der Waals surface area contributed by atoms with Gasteiger partial charge in [0.1, 0.15) is 12.4 Å². The summed E-state index contributed by atoms with van der Waals surface area (Å²) in [5, 5.41) is 1.85. The lowest BCUT2D eigenvalue weighted by molar-refractivity contribution is 0.310. The Morgan fingerprint density at radius 1 is 1.10 bits per heavy atom. The van der Waals surface area contributed by atoms with Crippen LogP contribution >= 0.6 is 22.9 Å². The van der Waals surface area contributed by atoms with Crippen LogP contribution in [0.25, 0.3) is 10.1 Å². The fourth-order valence-corrected chi connectivity index (χ4v) is 3.40. The highest BCUT2D eigenvalue weighted by Gasteiger charge is 2.07. The molecule has 0 aliphatic rings. The normalized spacial score (nSPS) is 10.9. The van der Waals surface area contributed by atoms with Crippen molar-refractivity contribution >= 4 is 33.0 Å². The Morgan fingerprint density at radius 3 is 2.75 bits per heavy atom. The Kier molecular flexibility index (Phi) is 3.92. The Labute approximate surface area is 126 Å². The Morgan fingerprint density at radius 2 is 1.95 bits per heavy atom. The van der Waals surface area contributed by atoms with Crippen LogP contribution < -0.4 is 10.5 Å². The lowest BCUT2D eigenvalue weighted by Gasteiger charge is -2.05. The molecule has 3 rings (SSSR count). The second kappa shape index (κ2) is 5.83. The molecule has 0 bridgehead atoms.